The van der Waals surface area contributed by atoms with Crippen molar-refractivity contribution in [2.24, 2.45) is 5.73 Å². The number of alkyl halides is 3. The summed E-state index contributed by atoms with van der Waals surface area (Å²) in [5.41, 5.74) is 6.25. The summed E-state index contributed by atoms with van der Waals surface area (Å²) >= 11 is 0. The molecule has 5 N–H and O–H groups in total. The van der Waals surface area contributed by atoms with Gasteiger partial charge in [-0.1, -0.05) is 18.4 Å². The third-order valence-corrected chi connectivity index (χ3v) is 7.83. The SMILES string of the molecule is COc1cc(S(C)(=O)=O)ccc1NCC#Cc1cc2c(N[C@@H]3CCCCC3(N)O)cccc2n1CC(F)(F)F. The molecule has 4 rings (SSSR count). The van der Waals surface area contributed by atoms with Crippen molar-refractivity contribution in [1.29, 1.82) is 0 Å². The highest BCUT2D eigenvalue weighted by atomic mass is 32.2. The smallest absolute Gasteiger partial charge is 0.406 e. The number of rotatable bonds is 7. The molecule has 1 aromatic heterocycles. The summed E-state index contributed by atoms with van der Waals surface area (Å²) in [6.45, 7) is -1.15. The summed E-state index contributed by atoms with van der Waals surface area (Å²) in [6, 6.07) is 10.5. The number of benzene rings is 2. The molecule has 1 aliphatic rings. The fourth-order valence-corrected chi connectivity index (χ4v) is 5.39. The van der Waals surface area contributed by atoms with E-state index in [2.05, 4.69) is 22.5 Å². The molecule has 0 bridgehead atoms. The molecule has 12 heteroatoms. The summed E-state index contributed by atoms with van der Waals surface area (Å²) < 4.78 is 70.5. The van der Waals surface area contributed by atoms with E-state index < -0.39 is 34.3 Å². The number of hydrogen-bond acceptors (Lipinski definition) is 7. The van der Waals surface area contributed by atoms with Crippen LogP contribution in [-0.4, -0.2) is 55.9 Å². The molecule has 8 nitrogen and oxygen atoms in total. The molecule has 2 atom stereocenters. The second-order valence-corrected chi connectivity index (χ2v) is 11.7. The van der Waals surface area contributed by atoms with E-state index in [1.165, 1.54) is 19.2 Å². The van der Waals surface area contributed by atoms with E-state index in [1.54, 1.807) is 30.3 Å². The zero-order valence-corrected chi connectivity index (χ0v) is 22.4. The van der Waals surface area contributed by atoms with Crippen molar-refractivity contribution in [2.45, 2.75) is 55.1 Å². The van der Waals surface area contributed by atoms with Gasteiger partial charge in [-0.25, -0.2) is 8.42 Å². The number of nitrogens with one attached hydrogen (secondary N) is 2. The van der Waals surface area contributed by atoms with E-state index in [0.29, 0.717) is 40.9 Å². The predicted molar refractivity (Wildman–Crippen MR) is 144 cm³/mol. The van der Waals surface area contributed by atoms with Crippen LogP contribution in [0.15, 0.2) is 47.4 Å². The van der Waals surface area contributed by atoms with Crippen LogP contribution >= 0.6 is 0 Å². The highest BCUT2D eigenvalue weighted by Crippen LogP contribution is 2.33. The van der Waals surface area contributed by atoms with Gasteiger partial charge in [-0.15, -0.1) is 0 Å². The van der Waals surface area contributed by atoms with Crippen molar-refractivity contribution in [2.75, 3.05) is 30.5 Å². The maximum Gasteiger partial charge on any atom is 0.406 e. The number of aromatic nitrogens is 1. The number of nitrogens with zero attached hydrogens (tertiary/aromatic N) is 1. The highest BCUT2D eigenvalue weighted by Gasteiger charge is 2.35. The van der Waals surface area contributed by atoms with Gasteiger partial charge in [0.15, 0.2) is 9.84 Å². The Hall–Kier alpha value is -3.40. The Morgan fingerprint density at radius 3 is 2.64 bits per heavy atom. The van der Waals surface area contributed by atoms with Crippen molar-refractivity contribution in [1.82, 2.24) is 4.57 Å². The van der Waals surface area contributed by atoms with Crippen molar-refractivity contribution >= 4 is 32.1 Å². The third-order valence-electron chi connectivity index (χ3n) is 6.72. The second-order valence-electron chi connectivity index (χ2n) is 9.69. The number of fused-ring (bicyclic) bond motifs is 1. The molecule has 1 heterocycles. The van der Waals surface area contributed by atoms with Gasteiger partial charge in [-0.2, -0.15) is 13.2 Å². The van der Waals surface area contributed by atoms with Crippen LogP contribution in [-0.2, 0) is 16.4 Å². The van der Waals surface area contributed by atoms with Gasteiger partial charge in [0.1, 0.15) is 18.0 Å². The number of nitrogens with two attached hydrogens (primary N) is 1. The van der Waals surface area contributed by atoms with Gasteiger partial charge in [0.05, 0.1) is 41.5 Å². The van der Waals surface area contributed by atoms with Crippen LogP contribution in [0.4, 0.5) is 24.5 Å². The molecule has 0 amide bonds. The molecule has 1 unspecified atom stereocenters. The minimum atomic E-state index is -4.47. The van der Waals surface area contributed by atoms with E-state index in [9.17, 15) is 26.7 Å². The van der Waals surface area contributed by atoms with Crippen LogP contribution in [0.5, 0.6) is 5.75 Å². The molecular formula is C27H31F3N4O4S. The lowest BCUT2D eigenvalue weighted by atomic mass is 9.87. The van der Waals surface area contributed by atoms with Gasteiger partial charge in [-0.3, -0.25) is 0 Å². The van der Waals surface area contributed by atoms with Crippen LogP contribution in [0.2, 0.25) is 0 Å². The van der Waals surface area contributed by atoms with Gasteiger partial charge >= 0.3 is 6.18 Å². The number of anilines is 2. The second kappa shape index (κ2) is 11.0. The predicted octanol–water partition coefficient (Wildman–Crippen LogP) is 4.08. The first-order valence-electron chi connectivity index (χ1n) is 12.4. The Balaban J connectivity index is 1.63. The van der Waals surface area contributed by atoms with E-state index in [1.807, 2.05) is 0 Å². The first kappa shape index (κ1) is 28.6. The number of aliphatic hydroxyl groups is 1. The normalized spacial score (nSPS) is 19.8. The number of methoxy groups -OCH3 is 1. The first-order valence-corrected chi connectivity index (χ1v) is 14.3. The topological polar surface area (TPSA) is 119 Å². The zero-order valence-electron chi connectivity index (χ0n) is 21.6. The molecule has 1 aliphatic carbocycles. The molecule has 39 heavy (non-hydrogen) atoms. The van der Waals surface area contributed by atoms with E-state index in [0.717, 1.165) is 23.7 Å². The summed E-state index contributed by atoms with van der Waals surface area (Å²) in [5.74, 6) is 5.97. The van der Waals surface area contributed by atoms with Crippen LogP contribution in [0.1, 0.15) is 31.4 Å². The maximum atomic E-state index is 13.5. The average Bonchev–Trinajstić information content (AvgIpc) is 3.19. The van der Waals surface area contributed by atoms with Crippen molar-refractivity contribution < 1.29 is 31.4 Å². The average molecular weight is 565 g/mol. The summed E-state index contributed by atoms with van der Waals surface area (Å²) in [7, 11) is -2.02. The Labute approximate surface area is 225 Å². The molecule has 0 spiro atoms. The van der Waals surface area contributed by atoms with E-state index in [4.69, 9.17) is 10.5 Å². The van der Waals surface area contributed by atoms with Gasteiger partial charge in [0.25, 0.3) is 0 Å². The molecule has 1 saturated carbocycles. The number of hydrogen-bond donors (Lipinski definition) is 4. The monoisotopic (exact) mass is 564 g/mol. The molecular weight excluding hydrogens is 533 g/mol. The number of ether oxygens (including phenoxy) is 1. The van der Waals surface area contributed by atoms with Crippen LogP contribution in [0.25, 0.3) is 10.9 Å². The van der Waals surface area contributed by atoms with Gasteiger partial charge < -0.3 is 30.8 Å². The summed E-state index contributed by atoms with van der Waals surface area (Å²) in [4.78, 5) is 0.0957. The lowest BCUT2D eigenvalue weighted by Crippen LogP contribution is -2.56. The van der Waals surface area contributed by atoms with Crippen molar-refractivity contribution in [3.63, 3.8) is 0 Å². The minimum absolute atomic E-state index is 0.0650. The van der Waals surface area contributed by atoms with Crippen molar-refractivity contribution in [3.05, 3.63) is 48.2 Å². The number of sulfone groups is 1. The fraction of sp³-hybridized carbons (Fsp3) is 0.407. The molecule has 210 valence electrons. The maximum absolute atomic E-state index is 13.5. The van der Waals surface area contributed by atoms with Gasteiger partial charge in [0.2, 0.25) is 0 Å². The van der Waals surface area contributed by atoms with E-state index in [-0.39, 0.29) is 17.1 Å². The molecule has 3 aromatic rings. The Bertz CT molecular complexity index is 1520. The molecule has 1 fully saturated rings. The Kier molecular flexibility index (Phi) is 8.07. The lowest BCUT2D eigenvalue weighted by molar-refractivity contribution is -0.140. The van der Waals surface area contributed by atoms with E-state index >= 15 is 0 Å². The largest absolute Gasteiger partial charge is 0.495 e. The highest BCUT2D eigenvalue weighted by molar-refractivity contribution is 7.90. The zero-order chi connectivity index (χ0) is 28.4. The molecule has 0 aliphatic heterocycles. The quantitative estimate of drug-likeness (QED) is 0.252. The van der Waals surface area contributed by atoms with Gasteiger partial charge in [0, 0.05) is 23.4 Å². The Morgan fingerprint density at radius 2 is 1.97 bits per heavy atom. The summed E-state index contributed by atoms with van der Waals surface area (Å²) in [5, 5.41) is 17.4. The van der Waals surface area contributed by atoms with Crippen LogP contribution < -0.4 is 21.1 Å². The summed E-state index contributed by atoms with van der Waals surface area (Å²) in [6.07, 6.45) is -0.625. The standard InChI is InChI=1S/C27H31F3N4O4S/c1-38-24-16-19(39(2,36)37)11-12-22(24)32-14-6-7-18-15-20-21(33-25-10-3-4-13-26(25,31)35)8-5-9-23(20)34(18)17-27(28,29)30/h5,8-9,11-12,15-16,25,32-33,35H,3-4,10,13-14,17,31H2,1-2H3/t25-,26?/m1/s1. The van der Waals surface area contributed by atoms with Crippen molar-refractivity contribution in [3.8, 4) is 17.6 Å². The fourth-order valence-electron chi connectivity index (χ4n) is 4.75. The number of halogens is 3. The third kappa shape index (κ3) is 6.79. The molecule has 2 aromatic carbocycles. The minimum Gasteiger partial charge on any atom is -0.495 e. The molecule has 0 radical (unpaired) electrons. The van der Waals surface area contributed by atoms with Crippen LogP contribution in [0, 0.1) is 11.8 Å². The molecule has 0 saturated heterocycles. The lowest BCUT2D eigenvalue weighted by Gasteiger charge is -2.37. The van der Waals surface area contributed by atoms with Gasteiger partial charge in [-0.05, 0) is 55.5 Å². The first-order chi connectivity index (χ1) is 18.3. The Morgan fingerprint density at radius 1 is 1.21 bits per heavy atom. The van der Waals surface area contributed by atoms with Crippen LogP contribution in [0.3, 0.4) is 0 Å².